The minimum atomic E-state index is -3.80. The van der Waals surface area contributed by atoms with Crippen LogP contribution in [0, 0.1) is 6.92 Å². The van der Waals surface area contributed by atoms with Crippen LogP contribution < -0.4 is 10.5 Å². The number of rotatable bonds is 3. The lowest BCUT2D eigenvalue weighted by Gasteiger charge is -2.12. The smallest absolute Gasteiger partial charge is 0.263 e. The lowest BCUT2D eigenvalue weighted by molar-refractivity contribution is 0.600. The minimum absolute atomic E-state index is 0.0151. The molecule has 0 saturated heterocycles. The lowest BCUT2D eigenvalue weighted by atomic mass is 10.3. The second-order valence-electron chi connectivity index (χ2n) is 4.10. The molecule has 2 aromatic rings. The predicted molar refractivity (Wildman–Crippen MR) is 83.3 cm³/mol. The van der Waals surface area contributed by atoms with E-state index in [2.05, 4.69) is 25.6 Å². The molecule has 2 rings (SSSR count). The SMILES string of the molecule is Cc1cnccc1NS(=O)(=O)c1cc(Cl)cc(N)c1Br. The van der Waals surface area contributed by atoms with E-state index < -0.39 is 10.0 Å². The van der Waals surface area contributed by atoms with Gasteiger partial charge in [0.2, 0.25) is 0 Å². The Morgan fingerprint density at radius 1 is 1.40 bits per heavy atom. The van der Waals surface area contributed by atoms with Crippen LogP contribution in [0.5, 0.6) is 0 Å². The highest BCUT2D eigenvalue weighted by Crippen LogP contribution is 2.32. The molecular weight excluding hydrogens is 366 g/mol. The van der Waals surface area contributed by atoms with Crippen molar-refractivity contribution in [3.05, 3.63) is 45.7 Å². The van der Waals surface area contributed by atoms with Gasteiger partial charge in [0.1, 0.15) is 4.90 Å². The third kappa shape index (κ3) is 3.05. The Hall–Kier alpha value is -1.31. The highest BCUT2D eigenvalue weighted by Gasteiger charge is 2.21. The lowest BCUT2D eigenvalue weighted by Crippen LogP contribution is -2.15. The molecule has 0 aliphatic carbocycles. The van der Waals surface area contributed by atoms with Crippen LogP contribution in [-0.4, -0.2) is 13.4 Å². The van der Waals surface area contributed by atoms with Crippen LogP contribution in [0.25, 0.3) is 0 Å². The van der Waals surface area contributed by atoms with E-state index in [0.717, 1.165) is 0 Å². The molecule has 0 amide bonds. The highest BCUT2D eigenvalue weighted by atomic mass is 79.9. The highest BCUT2D eigenvalue weighted by molar-refractivity contribution is 9.10. The molecule has 0 aliphatic heterocycles. The van der Waals surface area contributed by atoms with Gasteiger partial charge in [-0.1, -0.05) is 11.6 Å². The first-order valence-electron chi connectivity index (χ1n) is 5.49. The van der Waals surface area contributed by atoms with Crippen LogP contribution in [0.4, 0.5) is 11.4 Å². The maximum Gasteiger partial charge on any atom is 0.263 e. The van der Waals surface area contributed by atoms with Crippen molar-refractivity contribution in [1.82, 2.24) is 4.98 Å². The molecule has 0 bridgehead atoms. The third-order valence-corrected chi connectivity index (χ3v) is 5.34. The largest absolute Gasteiger partial charge is 0.398 e. The summed E-state index contributed by atoms with van der Waals surface area (Å²) in [5.74, 6) is 0. The number of nitrogens with one attached hydrogen (secondary N) is 1. The number of anilines is 2. The molecule has 106 valence electrons. The molecule has 1 aromatic heterocycles. The first-order valence-corrected chi connectivity index (χ1v) is 8.14. The maximum absolute atomic E-state index is 12.4. The summed E-state index contributed by atoms with van der Waals surface area (Å²) in [4.78, 5) is 3.89. The third-order valence-electron chi connectivity index (χ3n) is 2.59. The van der Waals surface area contributed by atoms with Gasteiger partial charge in [0.15, 0.2) is 0 Å². The number of nitrogen functional groups attached to an aromatic ring is 1. The summed E-state index contributed by atoms with van der Waals surface area (Å²) in [6.07, 6.45) is 3.07. The van der Waals surface area contributed by atoms with Gasteiger partial charge in [0.25, 0.3) is 10.0 Å². The summed E-state index contributed by atoms with van der Waals surface area (Å²) in [5, 5.41) is 0.248. The van der Waals surface area contributed by atoms with E-state index in [1.807, 2.05) is 0 Å². The Kier molecular flexibility index (Phi) is 4.22. The molecule has 5 nitrogen and oxygen atoms in total. The van der Waals surface area contributed by atoms with Crippen LogP contribution in [0.15, 0.2) is 40.0 Å². The summed E-state index contributed by atoms with van der Waals surface area (Å²) in [5.41, 5.74) is 7.12. The summed E-state index contributed by atoms with van der Waals surface area (Å²) in [7, 11) is -3.80. The van der Waals surface area contributed by atoms with Crippen molar-refractivity contribution >= 4 is 48.9 Å². The number of hydrogen-bond acceptors (Lipinski definition) is 4. The summed E-state index contributed by atoms with van der Waals surface area (Å²) < 4.78 is 27.6. The van der Waals surface area contributed by atoms with Crippen LogP contribution in [0.3, 0.4) is 0 Å². The van der Waals surface area contributed by atoms with Gasteiger partial charge in [0.05, 0.1) is 10.2 Å². The number of aryl methyl sites for hydroxylation is 1. The number of halogens is 2. The Balaban J connectivity index is 2.49. The van der Waals surface area contributed by atoms with E-state index in [1.54, 1.807) is 19.2 Å². The quantitative estimate of drug-likeness (QED) is 0.806. The molecule has 0 radical (unpaired) electrons. The number of aromatic nitrogens is 1. The number of benzene rings is 1. The molecule has 0 aliphatic rings. The van der Waals surface area contributed by atoms with Crippen LogP contribution >= 0.6 is 27.5 Å². The molecule has 8 heteroatoms. The van der Waals surface area contributed by atoms with Crippen molar-refractivity contribution in [2.24, 2.45) is 0 Å². The monoisotopic (exact) mass is 375 g/mol. The fraction of sp³-hybridized carbons (Fsp3) is 0.0833. The number of sulfonamides is 1. The molecule has 3 N–H and O–H groups in total. The zero-order chi connectivity index (χ0) is 14.9. The minimum Gasteiger partial charge on any atom is -0.398 e. The van der Waals surface area contributed by atoms with Crippen LogP contribution in [-0.2, 0) is 10.0 Å². The summed E-state index contributed by atoms with van der Waals surface area (Å²) >= 11 is 9.03. The summed E-state index contributed by atoms with van der Waals surface area (Å²) in [6, 6.07) is 4.39. The molecule has 0 atom stereocenters. The van der Waals surface area contributed by atoms with Crippen molar-refractivity contribution < 1.29 is 8.42 Å². The van der Waals surface area contributed by atoms with E-state index in [-0.39, 0.29) is 20.1 Å². The molecular formula is C12H11BrClN3O2S. The number of pyridine rings is 1. The second kappa shape index (κ2) is 5.59. The number of nitrogens with two attached hydrogens (primary N) is 1. The van der Waals surface area contributed by atoms with Crippen molar-refractivity contribution in [3.63, 3.8) is 0 Å². The van der Waals surface area contributed by atoms with Gasteiger partial charge in [-0.15, -0.1) is 0 Å². The van der Waals surface area contributed by atoms with Crippen molar-refractivity contribution in [2.45, 2.75) is 11.8 Å². The standard InChI is InChI=1S/C12H11BrClN3O2S/c1-7-6-16-3-2-10(7)17-20(18,19)11-5-8(14)4-9(15)12(11)13/h2-6H,15H2,1H3,(H,16,17). The Bertz CT molecular complexity index is 765. The molecule has 1 aromatic carbocycles. The summed E-state index contributed by atoms with van der Waals surface area (Å²) in [6.45, 7) is 1.76. The van der Waals surface area contributed by atoms with Gasteiger partial charge >= 0.3 is 0 Å². The zero-order valence-corrected chi connectivity index (χ0v) is 13.6. The fourth-order valence-corrected chi connectivity index (χ4v) is 3.99. The van der Waals surface area contributed by atoms with Crippen molar-refractivity contribution in [2.75, 3.05) is 10.5 Å². The second-order valence-corrected chi connectivity index (χ2v) is 6.98. The first-order chi connectivity index (χ1) is 9.31. The molecule has 0 spiro atoms. The maximum atomic E-state index is 12.4. The van der Waals surface area contributed by atoms with Gasteiger partial charge in [-0.2, -0.15) is 0 Å². The predicted octanol–water partition coefficient (Wildman–Crippen LogP) is 3.19. The topological polar surface area (TPSA) is 85.1 Å². The van der Waals surface area contributed by atoms with Gasteiger partial charge < -0.3 is 5.73 Å². The Labute approximate surface area is 130 Å². The van der Waals surface area contributed by atoms with Crippen molar-refractivity contribution in [3.8, 4) is 0 Å². The molecule has 0 saturated carbocycles. The molecule has 1 heterocycles. The van der Waals surface area contributed by atoms with E-state index >= 15 is 0 Å². The first kappa shape index (κ1) is 15.1. The molecule has 0 unspecified atom stereocenters. The van der Waals surface area contributed by atoms with Gasteiger partial charge in [-0.05, 0) is 46.6 Å². The van der Waals surface area contributed by atoms with E-state index in [4.69, 9.17) is 17.3 Å². The average molecular weight is 377 g/mol. The molecule has 20 heavy (non-hydrogen) atoms. The van der Waals surface area contributed by atoms with Gasteiger partial charge in [-0.25, -0.2) is 8.42 Å². The Morgan fingerprint density at radius 2 is 2.10 bits per heavy atom. The van der Waals surface area contributed by atoms with Gasteiger partial charge in [-0.3, -0.25) is 9.71 Å². The number of hydrogen-bond donors (Lipinski definition) is 2. The molecule has 0 fully saturated rings. The van der Waals surface area contributed by atoms with Crippen LogP contribution in [0.2, 0.25) is 5.02 Å². The fourth-order valence-electron chi connectivity index (χ4n) is 1.57. The number of nitrogens with zero attached hydrogens (tertiary/aromatic N) is 1. The van der Waals surface area contributed by atoms with E-state index in [1.165, 1.54) is 18.3 Å². The van der Waals surface area contributed by atoms with E-state index in [0.29, 0.717) is 11.3 Å². The Morgan fingerprint density at radius 3 is 2.75 bits per heavy atom. The van der Waals surface area contributed by atoms with Gasteiger partial charge in [0, 0.05) is 23.1 Å². The van der Waals surface area contributed by atoms with Crippen molar-refractivity contribution in [1.29, 1.82) is 0 Å². The van der Waals surface area contributed by atoms with E-state index in [9.17, 15) is 8.42 Å². The van der Waals surface area contributed by atoms with Crippen LogP contribution in [0.1, 0.15) is 5.56 Å². The normalized spacial score (nSPS) is 11.3. The average Bonchev–Trinajstić information content (AvgIpc) is 2.36. The zero-order valence-electron chi connectivity index (χ0n) is 10.4.